The average Bonchev–Trinajstić information content (AvgIpc) is 4.57. The van der Waals surface area contributed by atoms with Gasteiger partial charge in [-0.2, -0.15) is 13.2 Å². The molecule has 21 heteroatoms. The van der Waals surface area contributed by atoms with Crippen molar-refractivity contribution in [1.82, 2.24) is 45.3 Å². The molecule has 2 aromatic heterocycles. The standard InChI is InChI=1S/C60H84F3N11O7/c1-36(2)52(71-18-15-59(32-71)16-19-72(33-59)56(77)51-50(66-51)38-9-10-38)54(75)65-47-28-42-31-70(24-25-80-42)40-13-14-48-43(26-40)45(29-58(4,5)35-81-57(78)46-8-7-17-74(67-46)55(47)76)53(73(48)34-60(61,62)63)44-27-41(30-64-49(44)37(3)79-6)69-22-20-68(21-23-69)39-11-12-39/h13-14,26-27,30,36-39,42,46-47,50-52,66-67H,7-12,15-25,28-29,31-35H2,1-6H3,(H,65,75)/t37-,42-,46-,47-,50+,51+,52-,59-/m0/s1. The van der Waals surface area contributed by atoms with Crippen LogP contribution in [-0.4, -0.2) is 194 Å². The first-order valence-electron chi connectivity index (χ1n) is 30.2. The van der Waals surface area contributed by atoms with Crippen LogP contribution in [0.3, 0.4) is 0 Å². The van der Waals surface area contributed by atoms with Crippen molar-refractivity contribution in [3.8, 4) is 11.3 Å². The van der Waals surface area contributed by atoms with Gasteiger partial charge in [-0.05, 0) is 113 Å². The fourth-order valence-corrected chi connectivity index (χ4v) is 14.5. The van der Waals surface area contributed by atoms with Gasteiger partial charge in [0, 0.05) is 124 Å². The van der Waals surface area contributed by atoms with Gasteiger partial charge >= 0.3 is 12.1 Å². The van der Waals surface area contributed by atoms with Gasteiger partial charge in [-0.3, -0.25) is 44.3 Å². The number of carbonyl (C=O) groups is 4. The van der Waals surface area contributed by atoms with Crippen LogP contribution in [0.4, 0.5) is 24.5 Å². The number of amides is 3. The predicted molar refractivity (Wildman–Crippen MR) is 300 cm³/mol. The molecule has 3 N–H and O–H groups in total. The van der Waals surface area contributed by atoms with Crippen molar-refractivity contribution in [2.24, 2.45) is 22.7 Å². The van der Waals surface area contributed by atoms with Crippen LogP contribution in [0.2, 0.25) is 0 Å². The number of hydrogen-bond donors (Lipinski definition) is 3. The molecule has 3 aromatic rings. The molecule has 6 saturated heterocycles. The van der Waals surface area contributed by atoms with Crippen molar-refractivity contribution in [1.29, 1.82) is 0 Å². The Kier molecular flexibility index (Phi) is 15.4. The van der Waals surface area contributed by atoms with Gasteiger partial charge < -0.3 is 38.8 Å². The number of cyclic esters (lactones) is 1. The highest BCUT2D eigenvalue weighted by molar-refractivity contribution is 5.95. The van der Waals surface area contributed by atoms with Gasteiger partial charge in [-0.1, -0.05) is 27.7 Å². The molecule has 8 atom stereocenters. The van der Waals surface area contributed by atoms with E-state index in [0.29, 0.717) is 117 Å². The second-order valence-electron chi connectivity index (χ2n) is 26.4. The number of benzene rings is 1. The number of fused-ring (bicyclic) bond motifs is 6. The van der Waals surface area contributed by atoms with Crippen LogP contribution in [0, 0.1) is 22.7 Å². The molecule has 7 aliphatic heterocycles. The van der Waals surface area contributed by atoms with Crippen molar-refractivity contribution in [2.45, 2.75) is 160 Å². The van der Waals surface area contributed by atoms with Crippen molar-refractivity contribution in [2.75, 3.05) is 102 Å². The SMILES string of the molecule is CO[C@@H](C)c1ncc(N2CCN(C3CC3)CC2)cc1-c1c2c3cc(ccc3n1CC(F)(F)F)N1CCO[C@@H](C[C@H](NC(=O)[C@H](C(C)C)N3CC[C@]4(CCN(C(=O)[C@@H]5N[C@@H]5C5CC5)C4)C3)C(=O)N3CCC[C@H](N3)C(=O)OCC(C)(C)C2)C1. The van der Waals surface area contributed by atoms with E-state index in [0.717, 1.165) is 50.4 Å². The van der Waals surface area contributed by atoms with E-state index in [2.05, 4.69) is 35.7 Å². The largest absolute Gasteiger partial charge is 0.464 e. The fraction of sp³-hybridized carbons (Fsp3) is 0.717. The molecule has 9 heterocycles. The zero-order valence-corrected chi connectivity index (χ0v) is 48.2. The molecule has 8 fully saturated rings. The Bertz CT molecular complexity index is 2870. The van der Waals surface area contributed by atoms with Gasteiger partial charge in [-0.15, -0.1) is 0 Å². The number of anilines is 2. The molecular weight excluding hydrogens is 1040 g/mol. The molecule has 9 aliphatic rings. The summed E-state index contributed by atoms with van der Waals surface area (Å²) in [4.78, 5) is 74.0. The highest BCUT2D eigenvalue weighted by Gasteiger charge is 2.55. The quantitative estimate of drug-likeness (QED) is 0.150. The van der Waals surface area contributed by atoms with Crippen LogP contribution < -0.4 is 25.9 Å². The molecule has 12 rings (SSSR count). The number of carbonyl (C=O) groups excluding carboxylic acids is 4. The van der Waals surface area contributed by atoms with Crippen molar-refractivity contribution < 1.29 is 46.6 Å². The molecule has 6 bridgehead atoms. The Labute approximate surface area is 474 Å². The van der Waals surface area contributed by atoms with E-state index >= 15 is 18.0 Å². The third-order valence-corrected chi connectivity index (χ3v) is 19.3. The third-order valence-electron chi connectivity index (χ3n) is 19.3. The number of hydrogen-bond acceptors (Lipinski definition) is 14. The number of methoxy groups -OCH3 is 1. The number of alkyl halides is 3. The maximum Gasteiger partial charge on any atom is 0.406 e. The smallest absolute Gasteiger partial charge is 0.406 e. The number of nitrogens with zero attached hydrogens (tertiary/aromatic N) is 8. The number of esters is 1. The lowest BCUT2D eigenvalue weighted by atomic mass is 9.84. The van der Waals surface area contributed by atoms with Crippen LogP contribution in [0.5, 0.6) is 0 Å². The number of rotatable bonds is 12. The van der Waals surface area contributed by atoms with Crippen molar-refractivity contribution in [3.05, 3.63) is 41.7 Å². The number of piperazine rings is 1. The minimum atomic E-state index is -4.59. The molecule has 2 aliphatic carbocycles. The highest BCUT2D eigenvalue weighted by Crippen LogP contribution is 2.46. The second kappa shape index (κ2) is 22.2. The normalized spacial score (nSPS) is 29.6. The first kappa shape index (κ1) is 56.4. The van der Waals surface area contributed by atoms with E-state index in [-0.39, 0.29) is 54.5 Å². The fourth-order valence-electron chi connectivity index (χ4n) is 14.5. The van der Waals surface area contributed by atoms with E-state index in [4.69, 9.17) is 19.2 Å². The van der Waals surface area contributed by atoms with E-state index < -0.39 is 54.4 Å². The van der Waals surface area contributed by atoms with Crippen LogP contribution in [0.25, 0.3) is 22.2 Å². The molecule has 1 spiro atoms. The average molecular weight is 1130 g/mol. The van der Waals surface area contributed by atoms with Crippen LogP contribution in [0.15, 0.2) is 30.5 Å². The summed E-state index contributed by atoms with van der Waals surface area (Å²) in [5.74, 6) is -0.456. The van der Waals surface area contributed by atoms with E-state index in [9.17, 15) is 14.4 Å². The Balaban J connectivity index is 0.865. The van der Waals surface area contributed by atoms with Crippen LogP contribution in [0.1, 0.15) is 110 Å². The Hall–Kier alpha value is -5.06. The monoisotopic (exact) mass is 1130 g/mol. The molecule has 2 saturated carbocycles. The maximum atomic E-state index is 15.2. The maximum absolute atomic E-state index is 15.2. The van der Waals surface area contributed by atoms with Gasteiger partial charge in [0.25, 0.3) is 5.91 Å². The van der Waals surface area contributed by atoms with Gasteiger partial charge in [0.05, 0.1) is 54.7 Å². The third kappa shape index (κ3) is 11.9. The van der Waals surface area contributed by atoms with E-state index in [1.54, 1.807) is 13.2 Å². The number of halogens is 3. The zero-order chi connectivity index (χ0) is 56.7. The Morgan fingerprint density at radius 1 is 0.926 bits per heavy atom. The first-order valence-corrected chi connectivity index (χ1v) is 30.2. The first-order chi connectivity index (χ1) is 38.7. The van der Waals surface area contributed by atoms with Gasteiger partial charge in [0.1, 0.15) is 24.7 Å². The van der Waals surface area contributed by atoms with E-state index in [1.165, 1.54) is 35.3 Å². The van der Waals surface area contributed by atoms with Crippen molar-refractivity contribution >= 4 is 46.0 Å². The summed E-state index contributed by atoms with van der Waals surface area (Å²) in [6.45, 7) is 16.1. The van der Waals surface area contributed by atoms with Gasteiger partial charge in [0.15, 0.2) is 0 Å². The van der Waals surface area contributed by atoms with Crippen LogP contribution in [-0.2, 0) is 46.4 Å². The number of likely N-dealkylation sites (tertiary alicyclic amines) is 2. The number of aromatic nitrogens is 2. The lowest BCUT2D eigenvalue weighted by Crippen LogP contribution is -2.62. The highest BCUT2D eigenvalue weighted by atomic mass is 19.4. The minimum absolute atomic E-state index is 0.0565. The summed E-state index contributed by atoms with van der Waals surface area (Å²) >= 11 is 0. The Morgan fingerprint density at radius 2 is 1.70 bits per heavy atom. The molecular formula is C60H84F3N11O7. The van der Waals surface area contributed by atoms with Gasteiger partial charge in [0.2, 0.25) is 11.8 Å². The number of nitrogens with one attached hydrogen (secondary N) is 3. The molecule has 0 radical (unpaired) electrons. The minimum Gasteiger partial charge on any atom is -0.464 e. The molecule has 18 nitrogen and oxygen atoms in total. The number of morpholine rings is 1. The summed E-state index contributed by atoms with van der Waals surface area (Å²) in [6.07, 6.45) is 3.99. The summed E-state index contributed by atoms with van der Waals surface area (Å²) in [6, 6.07) is 6.07. The summed E-state index contributed by atoms with van der Waals surface area (Å²) in [5.41, 5.74) is 6.47. The summed E-state index contributed by atoms with van der Waals surface area (Å²) < 4.78 is 65.6. The van der Waals surface area contributed by atoms with Crippen molar-refractivity contribution in [3.63, 3.8) is 0 Å². The molecule has 0 unspecified atom stereocenters. The number of hydrazine groups is 1. The molecule has 442 valence electrons. The second-order valence-corrected chi connectivity index (χ2v) is 26.4. The molecule has 1 aromatic carbocycles. The number of pyridine rings is 1. The summed E-state index contributed by atoms with van der Waals surface area (Å²) in [5, 5.41) is 8.76. The lowest BCUT2D eigenvalue weighted by molar-refractivity contribution is -0.156. The predicted octanol–water partition coefficient (Wildman–Crippen LogP) is 5.66. The van der Waals surface area contributed by atoms with E-state index in [1.807, 2.05) is 63.9 Å². The topological polar surface area (TPSA) is 179 Å². The lowest BCUT2D eigenvalue weighted by Gasteiger charge is -2.39. The molecule has 81 heavy (non-hydrogen) atoms. The Morgan fingerprint density at radius 3 is 2.43 bits per heavy atom. The zero-order valence-electron chi connectivity index (χ0n) is 48.2. The van der Waals surface area contributed by atoms with Crippen LogP contribution >= 0.6 is 0 Å². The summed E-state index contributed by atoms with van der Waals surface area (Å²) in [7, 11) is 1.58. The molecule has 3 amide bonds. The number of ether oxygens (including phenoxy) is 3. The van der Waals surface area contributed by atoms with Gasteiger partial charge in [-0.25, -0.2) is 5.43 Å².